The summed E-state index contributed by atoms with van der Waals surface area (Å²) in [6.45, 7) is 3.42. The molecule has 0 radical (unpaired) electrons. The molecular weight excluding hydrogens is 374 g/mol. The third kappa shape index (κ3) is 4.93. The fourth-order valence-electron chi connectivity index (χ4n) is 3.56. The number of hydrogen-bond donors (Lipinski definition) is 2. The lowest BCUT2D eigenvalue weighted by atomic mass is 10.1. The Kier molecular flexibility index (Phi) is 6.19. The first-order valence-corrected chi connectivity index (χ1v) is 10.1. The van der Waals surface area contributed by atoms with Gasteiger partial charge in [-0.2, -0.15) is 0 Å². The Bertz CT molecular complexity index is 1070. The maximum Gasteiger partial charge on any atom is 0.274 e. The molecule has 150 valence electrons. The number of likely N-dealkylation sites (tertiary alicyclic amines) is 1. The lowest BCUT2D eigenvalue weighted by Crippen LogP contribution is -2.18. The van der Waals surface area contributed by atoms with Gasteiger partial charge in [-0.3, -0.25) is 19.9 Å². The molecule has 0 saturated carbocycles. The summed E-state index contributed by atoms with van der Waals surface area (Å²) in [5.74, 6) is 5.84. The highest BCUT2D eigenvalue weighted by atomic mass is 16.5. The maximum absolute atomic E-state index is 11.6. The van der Waals surface area contributed by atoms with Gasteiger partial charge in [0, 0.05) is 35.0 Å². The molecule has 1 aliphatic rings. The van der Waals surface area contributed by atoms with Crippen molar-refractivity contribution in [2.75, 3.05) is 13.1 Å². The number of nitrogens with one attached hydrogen (secondary N) is 1. The van der Waals surface area contributed by atoms with Crippen molar-refractivity contribution in [2.45, 2.75) is 19.4 Å². The van der Waals surface area contributed by atoms with Gasteiger partial charge < -0.3 is 0 Å². The molecule has 1 aromatic heterocycles. The lowest BCUT2D eigenvalue weighted by molar-refractivity contribution is 0.0706. The second-order valence-electron chi connectivity index (χ2n) is 7.38. The number of carbonyl (C=O) groups is 1. The summed E-state index contributed by atoms with van der Waals surface area (Å²) < 4.78 is 0. The highest BCUT2D eigenvalue weighted by molar-refractivity contribution is 5.94. The van der Waals surface area contributed by atoms with Crippen LogP contribution in [0.1, 0.15) is 39.9 Å². The quantitative estimate of drug-likeness (QED) is 0.399. The number of aromatic nitrogens is 1. The predicted molar refractivity (Wildman–Crippen MR) is 116 cm³/mol. The van der Waals surface area contributed by atoms with Gasteiger partial charge in [0.2, 0.25) is 0 Å². The van der Waals surface area contributed by atoms with Crippen molar-refractivity contribution >= 4 is 5.91 Å². The Labute approximate surface area is 176 Å². The number of hydroxylamine groups is 1. The maximum atomic E-state index is 11.6. The zero-order valence-electron chi connectivity index (χ0n) is 16.6. The monoisotopic (exact) mass is 397 g/mol. The van der Waals surface area contributed by atoms with Crippen LogP contribution in [0.3, 0.4) is 0 Å². The first-order chi connectivity index (χ1) is 14.7. The molecular formula is C25H23N3O2. The van der Waals surface area contributed by atoms with Crippen molar-refractivity contribution in [1.82, 2.24) is 15.4 Å². The highest BCUT2D eigenvalue weighted by Gasteiger charge is 2.11. The van der Waals surface area contributed by atoms with E-state index in [1.165, 1.54) is 31.5 Å². The van der Waals surface area contributed by atoms with Crippen LogP contribution in [0.5, 0.6) is 0 Å². The number of rotatable bonds is 4. The molecule has 1 saturated heterocycles. The van der Waals surface area contributed by atoms with E-state index >= 15 is 0 Å². The van der Waals surface area contributed by atoms with Crippen LogP contribution >= 0.6 is 0 Å². The minimum atomic E-state index is -0.562. The van der Waals surface area contributed by atoms with Crippen molar-refractivity contribution in [3.05, 3.63) is 89.1 Å². The molecule has 1 fully saturated rings. The Hall–Kier alpha value is -3.46. The first kappa shape index (κ1) is 19.8. The van der Waals surface area contributed by atoms with Crippen LogP contribution in [0.4, 0.5) is 0 Å². The molecule has 5 nitrogen and oxygen atoms in total. The topological polar surface area (TPSA) is 65.5 Å². The molecule has 2 aromatic carbocycles. The Morgan fingerprint density at radius 3 is 2.23 bits per heavy atom. The highest BCUT2D eigenvalue weighted by Crippen LogP contribution is 2.19. The van der Waals surface area contributed by atoms with Gasteiger partial charge in [0.1, 0.15) is 0 Å². The van der Waals surface area contributed by atoms with Crippen molar-refractivity contribution in [2.24, 2.45) is 0 Å². The largest absolute Gasteiger partial charge is 0.299 e. The Morgan fingerprint density at radius 1 is 0.967 bits per heavy atom. The van der Waals surface area contributed by atoms with Crippen molar-refractivity contribution in [3.8, 4) is 23.1 Å². The molecule has 0 atom stereocenters. The van der Waals surface area contributed by atoms with E-state index in [0.717, 1.165) is 23.2 Å². The van der Waals surface area contributed by atoms with Crippen LogP contribution in [-0.4, -0.2) is 34.1 Å². The average molecular weight is 397 g/mol. The fourth-order valence-corrected chi connectivity index (χ4v) is 3.56. The number of pyridine rings is 1. The van der Waals surface area contributed by atoms with E-state index in [9.17, 15) is 4.79 Å². The van der Waals surface area contributed by atoms with Gasteiger partial charge >= 0.3 is 0 Å². The molecule has 1 amide bonds. The van der Waals surface area contributed by atoms with Crippen molar-refractivity contribution in [3.63, 3.8) is 0 Å². The molecule has 4 rings (SSSR count). The molecule has 1 aliphatic heterocycles. The van der Waals surface area contributed by atoms with Gasteiger partial charge in [-0.05, 0) is 67.9 Å². The summed E-state index contributed by atoms with van der Waals surface area (Å²) >= 11 is 0. The molecule has 0 spiro atoms. The van der Waals surface area contributed by atoms with Crippen LogP contribution in [0, 0.1) is 11.8 Å². The van der Waals surface area contributed by atoms with E-state index < -0.39 is 5.91 Å². The standard InChI is InChI=1S/C25H23N3O2/c29-25(27-30)23-13-14-26-24(17-23)22-11-9-20(10-12-22)4-3-19-5-7-21(8-6-19)18-28-15-1-2-16-28/h5-14,17,30H,1-2,15-16,18H2,(H,27,29). The van der Waals surface area contributed by atoms with E-state index in [1.807, 2.05) is 24.3 Å². The molecule has 2 heterocycles. The first-order valence-electron chi connectivity index (χ1n) is 10.1. The second-order valence-corrected chi connectivity index (χ2v) is 7.38. The molecule has 3 aromatic rings. The number of hydrogen-bond acceptors (Lipinski definition) is 4. The van der Waals surface area contributed by atoms with Crippen molar-refractivity contribution < 1.29 is 10.0 Å². The van der Waals surface area contributed by atoms with Gasteiger partial charge in [0.25, 0.3) is 5.91 Å². The van der Waals surface area contributed by atoms with Crippen molar-refractivity contribution in [1.29, 1.82) is 0 Å². The summed E-state index contributed by atoms with van der Waals surface area (Å²) in [5.41, 5.74) is 6.74. The van der Waals surface area contributed by atoms with Gasteiger partial charge in [-0.25, -0.2) is 5.48 Å². The number of carbonyl (C=O) groups excluding carboxylic acids is 1. The van der Waals surface area contributed by atoms with E-state index in [0.29, 0.717) is 11.3 Å². The van der Waals surface area contributed by atoms with Gasteiger partial charge in [0.15, 0.2) is 0 Å². The zero-order valence-corrected chi connectivity index (χ0v) is 16.6. The van der Waals surface area contributed by atoms with Gasteiger partial charge in [-0.15, -0.1) is 0 Å². The average Bonchev–Trinajstić information content (AvgIpc) is 3.31. The smallest absolute Gasteiger partial charge is 0.274 e. The van der Waals surface area contributed by atoms with E-state index in [4.69, 9.17) is 5.21 Å². The third-order valence-corrected chi connectivity index (χ3v) is 5.21. The Balaban J connectivity index is 1.43. The Morgan fingerprint density at radius 2 is 1.60 bits per heavy atom. The van der Waals surface area contributed by atoms with E-state index in [2.05, 4.69) is 46.0 Å². The van der Waals surface area contributed by atoms with Gasteiger partial charge in [-0.1, -0.05) is 36.1 Å². The molecule has 5 heteroatoms. The molecule has 0 unspecified atom stereocenters. The second kappa shape index (κ2) is 9.36. The van der Waals surface area contributed by atoms with Crippen LogP contribution < -0.4 is 5.48 Å². The van der Waals surface area contributed by atoms with Crippen LogP contribution in [0.2, 0.25) is 0 Å². The lowest BCUT2D eigenvalue weighted by Gasteiger charge is -2.14. The minimum Gasteiger partial charge on any atom is -0.299 e. The SMILES string of the molecule is O=C(NO)c1ccnc(-c2ccc(C#Cc3ccc(CN4CCCC4)cc3)cc2)c1. The van der Waals surface area contributed by atoms with E-state index in [1.54, 1.807) is 23.8 Å². The number of benzene rings is 2. The molecule has 30 heavy (non-hydrogen) atoms. The summed E-state index contributed by atoms with van der Waals surface area (Å²) in [7, 11) is 0. The van der Waals surface area contributed by atoms with Gasteiger partial charge in [0.05, 0.1) is 5.69 Å². The minimum absolute atomic E-state index is 0.347. The molecule has 0 aliphatic carbocycles. The summed E-state index contributed by atoms with van der Waals surface area (Å²) in [4.78, 5) is 18.4. The summed E-state index contributed by atoms with van der Waals surface area (Å²) in [6.07, 6.45) is 4.16. The summed E-state index contributed by atoms with van der Waals surface area (Å²) in [5, 5.41) is 8.78. The molecule has 0 bridgehead atoms. The van der Waals surface area contributed by atoms with Crippen LogP contribution in [0.15, 0.2) is 66.9 Å². The van der Waals surface area contributed by atoms with Crippen LogP contribution in [0.25, 0.3) is 11.3 Å². The van der Waals surface area contributed by atoms with Crippen LogP contribution in [-0.2, 0) is 6.54 Å². The molecule has 2 N–H and O–H groups in total. The fraction of sp³-hybridized carbons (Fsp3) is 0.200. The zero-order chi connectivity index (χ0) is 20.8. The van der Waals surface area contributed by atoms with E-state index in [-0.39, 0.29) is 0 Å². The normalized spacial score (nSPS) is 13.5. The third-order valence-electron chi connectivity index (χ3n) is 5.21. The summed E-state index contributed by atoms with van der Waals surface area (Å²) in [6, 6.07) is 19.4. The predicted octanol–water partition coefficient (Wildman–Crippen LogP) is 3.86. The number of amides is 1. The number of nitrogens with zero attached hydrogens (tertiary/aromatic N) is 2.